The zero-order chi connectivity index (χ0) is 18.2. The minimum absolute atomic E-state index is 0.206. The van der Waals surface area contributed by atoms with E-state index < -0.39 is 23.2 Å². The molecule has 1 N–H and O–H groups in total. The Kier molecular flexibility index (Phi) is 4.16. The smallest absolute Gasteiger partial charge is 0.282 e. The summed E-state index contributed by atoms with van der Waals surface area (Å²) >= 11 is 0. The number of benzene rings is 1. The summed E-state index contributed by atoms with van der Waals surface area (Å²) in [7, 11) is 0. The molecule has 0 saturated carbocycles. The molecule has 1 aliphatic rings. The van der Waals surface area contributed by atoms with Crippen LogP contribution in [0.15, 0.2) is 42.6 Å². The van der Waals surface area contributed by atoms with Crippen molar-refractivity contribution in [1.29, 1.82) is 0 Å². The Hall–Kier alpha value is -2.96. The predicted octanol–water partition coefficient (Wildman–Crippen LogP) is 2.75. The lowest BCUT2D eigenvalue weighted by Crippen LogP contribution is -2.62. The molecule has 0 spiro atoms. The average Bonchev–Trinajstić information content (AvgIpc) is 2.57. The Balaban J connectivity index is 1.95. The fraction of sp³-hybridized carbons (Fsp3) is 0.278. The lowest BCUT2D eigenvalue weighted by Gasteiger charge is -2.40. The van der Waals surface area contributed by atoms with Gasteiger partial charge in [-0.05, 0) is 57.2 Å². The molecule has 1 atom stereocenters. The van der Waals surface area contributed by atoms with Gasteiger partial charge in [-0.3, -0.25) is 14.5 Å². The number of anilines is 2. The number of nitrogens with zero attached hydrogens (tertiary/aromatic N) is 2. The molecule has 130 valence electrons. The van der Waals surface area contributed by atoms with E-state index in [1.54, 1.807) is 18.3 Å². The molecule has 1 aromatic carbocycles. The van der Waals surface area contributed by atoms with Crippen LogP contribution in [0, 0.1) is 5.82 Å². The lowest BCUT2D eigenvalue weighted by atomic mass is 9.99. The van der Waals surface area contributed by atoms with Crippen LogP contribution in [-0.4, -0.2) is 28.4 Å². The molecule has 1 aliphatic heterocycles. The third-order valence-corrected chi connectivity index (χ3v) is 3.97. The first-order valence-corrected chi connectivity index (χ1v) is 7.87. The van der Waals surface area contributed by atoms with Crippen LogP contribution in [0.5, 0.6) is 5.75 Å². The maximum atomic E-state index is 13.0. The van der Waals surface area contributed by atoms with E-state index in [0.717, 1.165) is 0 Å². The second kappa shape index (κ2) is 6.16. The zero-order valence-corrected chi connectivity index (χ0v) is 14.1. The average molecular weight is 343 g/mol. The highest BCUT2D eigenvalue weighted by atomic mass is 19.1. The van der Waals surface area contributed by atoms with Crippen molar-refractivity contribution in [2.45, 2.75) is 32.4 Å². The molecule has 6 nitrogen and oxygen atoms in total. The van der Waals surface area contributed by atoms with Gasteiger partial charge in [0.05, 0.1) is 0 Å². The van der Waals surface area contributed by atoms with Crippen LogP contribution in [-0.2, 0) is 9.59 Å². The second-order valence-corrected chi connectivity index (χ2v) is 6.19. The number of pyridine rings is 1. The van der Waals surface area contributed by atoms with Crippen LogP contribution in [0.3, 0.4) is 0 Å². The molecule has 0 radical (unpaired) electrons. The monoisotopic (exact) mass is 343 g/mol. The van der Waals surface area contributed by atoms with E-state index >= 15 is 0 Å². The first-order valence-electron chi connectivity index (χ1n) is 7.87. The standard InChI is InChI=1S/C18H18FN3O3/c1-11(2)22-15-14(5-4-10-20-15)25-18(3,17(22)24)16(23)21-13-8-6-12(19)7-9-13/h4-11H,1-3H3,(H,21,23)/t18-/m1/s1. The molecule has 0 fully saturated rings. The predicted molar refractivity (Wildman–Crippen MR) is 90.9 cm³/mol. The Morgan fingerprint density at radius 2 is 1.96 bits per heavy atom. The van der Waals surface area contributed by atoms with Gasteiger partial charge in [0, 0.05) is 17.9 Å². The molecule has 0 bridgehead atoms. The molecular weight excluding hydrogens is 325 g/mol. The summed E-state index contributed by atoms with van der Waals surface area (Å²) in [6.45, 7) is 5.08. The quantitative estimate of drug-likeness (QED) is 0.870. The van der Waals surface area contributed by atoms with E-state index in [0.29, 0.717) is 17.3 Å². The van der Waals surface area contributed by atoms with Gasteiger partial charge >= 0.3 is 0 Å². The van der Waals surface area contributed by atoms with Crippen molar-refractivity contribution < 1.29 is 18.7 Å². The summed E-state index contributed by atoms with van der Waals surface area (Å²) in [4.78, 5) is 31.4. The van der Waals surface area contributed by atoms with E-state index in [1.807, 2.05) is 13.8 Å². The number of hydrogen-bond donors (Lipinski definition) is 1. The third-order valence-electron chi connectivity index (χ3n) is 3.97. The normalized spacial score (nSPS) is 19.4. The second-order valence-electron chi connectivity index (χ2n) is 6.19. The van der Waals surface area contributed by atoms with Crippen LogP contribution < -0.4 is 15.0 Å². The van der Waals surface area contributed by atoms with Crippen molar-refractivity contribution in [2.24, 2.45) is 0 Å². The molecule has 3 rings (SSSR count). The highest BCUT2D eigenvalue weighted by molar-refractivity contribution is 6.19. The van der Waals surface area contributed by atoms with E-state index in [1.165, 1.54) is 36.1 Å². The van der Waals surface area contributed by atoms with E-state index in [4.69, 9.17) is 4.74 Å². The summed E-state index contributed by atoms with van der Waals surface area (Å²) < 4.78 is 18.7. The van der Waals surface area contributed by atoms with Crippen molar-refractivity contribution in [3.63, 3.8) is 0 Å². The summed E-state index contributed by atoms with van der Waals surface area (Å²) in [5, 5.41) is 2.60. The van der Waals surface area contributed by atoms with Crippen molar-refractivity contribution in [1.82, 2.24) is 4.98 Å². The van der Waals surface area contributed by atoms with Gasteiger partial charge in [-0.15, -0.1) is 0 Å². The van der Waals surface area contributed by atoms with Gasteiger partial charge in [0.15, 0.2) is 11.6 Å². The number of hydrogen-bond acceptors (Lipinski definition) is 4. The highest BCUT2D eigenvalue weighted by Gasteiger charge is 2.51. The third kappa shape index (κ3) is 2.93. The fourth-order valence-corrected chi connectivity index (χ4v) is 2.64. The summed E-state index contributed by atoms with van der Waals surface area (Å²) in [5.41, 5.74) is -1.38. The van der Waals surface area contributed by atoms with Gasteiger partial charge in [-0.1, -0.05) is 0 Å². The number of fused-ring (bicyclic) bond motifs is 1. The van der Waals surface area contributed by atoms with E-state index in [-0.39, 0.29) is 6.04 Å². The topological polar surface area (TPSA) is 71.5 Å². The van der Waals surface area contributed by atoms with Gasteiger partial charge in [0.2, 0.25) is 0 Å². The summed E-state index contributed by atoms with van der Waals surface area (Å²) in [6.07, 6.45) is 1.56. The molecule has 2 aromatic rings. The fourth-order valence-electron chi connectivity index (χ4n) is 2.64. The van der Waals surface area contributed by atoms with Gasteiger partial charge in [0.1, 0.15) is 5.82 Å². The summed E-state index contributed by atoms with van der Waals surface area (Å²) in [5.74, 6) is -0.820. The Morgan fingerprint density at radius 3 is 2.60 bits per heavy atom. The number of amides is 2. The molecule has 1 aromatic heterocycles. The number of ether oxygens (including phenoxy) is 1. The minimum atomic E-state index is -1.76. The number of aromatic nitrogens is 1. The number of carbonyl (C=O) groups excluding carboxylic acids is 2. The Morgan fingerprint density at radius 1 is 1.28 bits per heavy atom. The van der Waals surface area contributed by atoms with Crippen LogP contribution >= 0.6 is 0 Å². The molecule has 7 heteroatoms. The van der Waals surface area contributed by atoms with Gasteiger partial charge < -0.3 is 10.1 Å². The molecule has 25 heavy (non-hydrogen) atoms. The van der Waals surface area contributed by atoms with Crippen molar-refractivity contribution >= 4 is 23.3 Å². The Bertz CT molecular complexity index is 823. The molecule has 2 heterocycles. The minimum Gasteiger partial charge on any atom is -0.464 e. The SMILES string of the molecule is CC(C)N1C(=O)[C@@](C)(C(=O)Nc2ccc(F)cc2)Oc2cccnc21. The van der Waals surface area contributed by atoms with Crippen LogP contribution in [0.4, 0.5) is 15.9 Å². The van der Waals surface area contributed by atoms with E-state index in [9.17, 15) is 14.0 Å². The largest absolute Gasteiger partial charge is 0.464 e. The van der Waals surface area contributed by atoms with Gasteiger partial charge in [-0.25, -0.2) is 9.37 Å². The number of nitrogens with one attached hydrogen (secondary N) is 1. The molecule has 0 aliphatic carbocycles. The van der Waals surface area contributed by atoms with Gasteiger partial charge in [-0.2, -0.15) is 0 Å². The van der Waals surface area contributed by atoms with Crippen LogP contribution in [0.2, 0.25) is 0 Å². The number of halogens is 1. The lowest BCUT2D eigenvalue weighted by molar-refractivity contribution is -0.145. The number of rotatable bonds is 3. The van der Waals surface area contributed by atoms with Crippen LogP contribution in [0.1, 0.15) is 20.8 Å². The molecule has 2 amide bonds. The molecular formula is C18H18FN3O3. The maximum Gasteiger partial charge on any atom is 0.282 e. The van der Waals surface area contributed by atoms with E-state index in [2.05, 4.69) is 10.3 Å². The van der Waals surface area contributed by atoms with Crippen LogP contribution in [0.25, 0.3) is 0 Å². The van der Waals surface area contributed by atoms with Gasteiger partial charge in [0.25, 0.3) is 17.4 Å². The first-order chi connectivity index (χ1) is 11.8. The highest BCUT2D eigenvalue weighted by Crippen LogP contribution is 2.37. The summed E-state index contributed by atoms with van der Waals surface area (Å²) in [6, 6.07) is 8.41. The zero-order valence-electron chi connectivity index (χ0n) is 14.1. The van der Waals surface area contributed by atoms with Crippen molar-refractivity contribution in [2.75, 3.05) is 10.2 Å². The number of carbonyl (C=O) groups is 2. The Labute approximate surface area is 144 Å². The molecule has 0 unspecified atom stereocenters. The van der Waals surface area contributed by atoms with Crippen molar-refractivity contribution in [3.8, 4) is 5.75 Å². The van der Waals surface area contributed by atoms with Crippen molar-refractivity contribution in [3.05, 3.63) is 48.4 Å². The maximum absolute atomic E-state index is 13.0. The molecule has 0 saturated heterocycles. The first kappa shape index (κ1) is 16.9.